The van der Waals surface area contributed by atoms with Crippen molar-refractivity contribution in [1.29, 1.82) is 0 Å². The van der Waals surface area contributed by atoms with Gasteiger partial charge in [-0.1, -0.05) is 17.7 Å². The molecule has 0 bridgehead atoms. The van der Waals surface area contributed by atoms with Gasteiger partial charge in [0.05, 0.1) is 4.90 Å². The molecule has 27 heavy (non-hydrogen) atoms. The van der Waals surface area contributed by atoms with Crippen LogP contribution in [0.25, 0.3) is 16.5 Å². The molecule has 4 rings (SSSR count). The molecule has 5 nitrogen and oxygen atoms in total. The minimum Gasteiger partial charge on any atom is -0.480 e. The van der Waals surface area contributed by atoms with Gasteiger partial charge in [-0.25, -0.2) is 12.8 Å². The van der Waals surface area contributed by atoms with E-state index >= 15 is 0 Å². The average Bonchev–Trinajstić information content (AvgIpc) is 2.98. The first kappa shape index (κ1) is 17.8. The van der Waals surface area contributed by atoms with Gasteiger partial charge in [0.2, 0.25) is 9.84 Å². The van der Waals surface area contributed by atoms with E-state index in [4.69, 9.17) is 11.6 Å². The summed E-state index contributed by atoms with van der Waals surface area (Å²) in [6.07, 6.45) is 0. The second kappa shape index (κ2) is 5.94. The van der Waals surface area contributed by atoms with E-state index in [-0.39, 0.29) is 11.4 Å². The predicted octanol–water partition coefficient (Wildman–Crippen LogP) is 4.00. The monoisotopic (exact) mass is 405 g/mol. The zero-order valence-corrected chi connectivity index (χ0v) is 15.6. The summed E-state index contributed by atoms with van der Waals surface area (Å²) in [5, 5.41) is 11.1. The number of fused-ring (bicyclic) bond motifs is 2. The third-order valence-corrected chi connectivity index (χ3v) is 6.39. The fourth-order valence-corrected chi connectivity index (χ4v) is 5.26. The number of nitrogens with zero attached hydrogens (tertiary/aromatic N) is 1. The number of carboxylic acid groups (broad SMARTS) is 1. The first-order valence-corrected chi connectivity index (χ1v) is 9.88. The van der Waals surface area contributed by atoms with E-state index in [9.17, 15) is 22.7 Å². The predicted molar refractivity (Wildman–Crippen MR) is 100.0 cm³/mol. The second-order valence-corrected chi connectivity index (χ2v) is 8.52. The molecule has 0 fully saturated rings. The zero-order valence-electron chi connectivity index (χ0n) is 14.0. The van der Waals surface area contributed by atoms with Gasteiger partial charge in [-0.15, -0.1) is 0 Å². The van der Waals surface area contributed by atoms with E-state index in [2.05, 4.69) is 0 Å². The van der Waals surface area contributed by atoms with Gasteiger partial charge in [0.1, 0.15) is 12.4 Å². The Labute approximate surface area is 159 Å². The fourth-order valence-electron chi connectivity index (χ4n) is 3.56. The maximum Gasteiger partial charge on any atom is 0.323 e. The van der Waals surface area contributed by atoms with E-state index in [1.807, 2.05) is 0 Å². The topological polar surface area (TPSA) is 76.4 Å². The molecule has 0 amide bonds. The third-order valence-electron chi connectivity index (χ3n) is 4.66. The van der Waals surface area contributed by atoms with Crippen LogP contribution in [-0.2, 0) is 21.2 Å². The highest BCUT2D eigenvalue weighted by Crippen LogP contribution is 2.43. The molecule has 0 saturated heterocycles. The van der Waals surface area contributed by atoms with Crippen LogP contribution in [0, 0.1) is 12.7 Å². The molecule has 3 aromatic rings. The number of carboxylic acids is 1. The molecule has 8 heteroatoms. The van der Waals surface area contributed by atoms with Crippen molar-refractivity contribution >= 4 is 43.9 Å². The molecule has 0 atom stereocenters. The van der Waals surface area contributed by atoms with Gasteiger partial charge in [-0.05, 0) is 37.3 Å². The standard InChI is InChI=1S/C19H13ClFNO4S/c1-10-19(14-7-12(21)3-5-16(14)22(10)8-18(23)24)15-9-27(25,26)17-6-11(20)2-4-13(15)17/h2-7,9H,8H2,1H3,(H,23,24). The Kier molecular flexibility index (Phi) is 3.90. The first-order valence-electron chi connectivity index (χ1n) is 7.96. The average molecular weight is 406 g/mol. The van der Waals surface area contributed by atoms with E-state index in [1.165, 1.54) is 28.8 Å². The quantitative estimate of drug-likeness (QED) is 0.714. The smallest absolute Gasteiger partial charge is 0.323 e. The summed E-state index contributed by atoms with van der Waals surface area (Å²) < 4.78 is 40.6. The number of halogens is 2. The lowest BCUT2D eigenvalue weighted by atomic mass is 9.97. The highest BCUT2D eigenvalue weighted by molar-refractivity contribution is 7.95. The van der Waals surface area contributed by atoms with Crippen molar-refractivity contribution in [3.63, 3.8) is 0 Å². The largest absolute Gasteiger partial charge is 0.480 e. The van der Waals surface area contributed by atoms with E-state index in [0.29, 0.717) is 38.3 Å². The molecule has 1 aromatic heterocycles. The van der Waals surface area contributed by atoms with Gasteiger partial charge >= 0.3 is 5.97 Å². The highest BCUT2D eigenvalue weighted by Gasteiger charge is 2.31. The molecule has 2 aromatic carbocycles. The normalized spacial score (nSPS) is 15.0. The van der Waals surface area contributed by atoms with E-state index < -0.39 is 21.6 Å². The number of sulfone groups is 1. The summed E-state index contributed by atoms with van der Waals surface area (Å²) in [6, 6.07) is 8.60. The molecule has 1 aliphatic heterocycles. The van der Waals surface area contributed by atoms with Crippen molar-refractivity contribution < 1.29 is 22.7 Å². The Hall–Kier alpha value is -2.64. The molecule has 0 unspecified atom stereocenters. The third kappa shape index (κ3) is 2.74. The van der Waals surface area contributed by atoms with Gasteiger partial charge in [0.15, 0.2) is 0 Å². The zero-order chi connectivity index (χ0) is 19.5. The van der Waals surface area contributed by atoms with E-state index in [0.717, 1.165) is 5.41 Å². The van der Waals surface area contributed by atoms with Gasteiger partial charge in [-0.3, -0.25) is 4.79 Å². The Balaban J connectivity index is 2.08. The molecule has 0 aliphatic carbocycles. The van der Waals surface area contributed by atoms with Crippen molar-refractivity contribution in [1.82, 2.24) is 4.57 Å². The van der Waals surface area contributed by atoms with Crippen molar-refractivity contribution in [2.24, 2.45) is 0 Å². The van der Waals surface area contributed by atoms with Crippen LogP contribution >= 0.6 is 11.6 Å². The summed E-state index contributed by atoms with van der Waals surface area (Å²) in [7, 11) is -3.70. The minimum absolute atomic E-state index is 0.0833. The summed E-state index contributed by atoms with van der Waals surface area (Å²) in [5.74, 6) is -1.54. The first-order chi connectivity index (χ1) is 12.7. The summed E-state index contributed by atoms with van der Waals surface area (Å²) >= 11 is 5.95. The Bertz CT molecular complexity index is 1270. The molecule has 138 valence electrons. The van der Waals surface area contributed by atoms with Crippen LogP contribution in [0.4, 0.5) is 4.39 Å². The van der Waals surface area contributed by atoms with Gasteiger partial charge in [0, 0.05) is 43.7 Å². The van der Waals surface area contributed by atoms with Crippen LogP contribution in [0.5, 0.6) is 0 Å². The van der Waals surface area contributed by atoms with Crippen LogP contribution in [0.15, 0.2) is 46.7 Å². The number of aliphatic carboxylic acids is 1. The summed E-state index contributed by atoms with van der Waals surface area (Å²) in [5.41, 5.74) is 2.42. The number of benzene rings is 2. The van der Waals surface area contributed by atoms with Crippen LogP contribution in [-0.4, -0.2) is 24.1 Å². The lowest BCUT2D eigenvalue weighted by molar-refractivity contribution is -0.137. The highest BCUT2D eigenvalue weighted by atomic mass is 35.5. The lowest BCUT2D eigenvalue weighted by Crippen LogP contribution is -2.10. The lowest BCUT2D eigenvalue weighted by Gasteiger charge is -2.07. The number of hydrogen-bond donors (Lipinski definition) is 1. The van der Waals surface area contributed by atoms with Gasteiger partial charge in [0.25, 0.3) is 0 Å². The van der Waals surface area contributed by atoms with Crippen LogP contribution < -0.4 is 0 Å². The molecule has 0 saturated carbocycles. The van der Waals surface area contributed by atoms with Crippen LogP contribution in [0.2, 0.25) is 5.02 Å². The number of aromatic nitrogens is 1. The molecule has 1 N–H and O–H groups in total. The fraction of sp³-hybridized carbons (Fsp3) is 0.105. The minimum atomic E-state index is -3.70. The van der Waals surface area contributed by atoms with Gasteiger partial charge < -0.3 is 9.67 Å². The van der Waals surface area contributed by atoms with Gasteiger partial charge in [-0.2, -0.15) is 0 Å². The van der Waals surface area contributed by atoms with Crippen molar-refractivity contribution in [2.45, 2.75) is 18.4 Å². The second-order valence-electron chi connectivity index (χ2n) is 6.32. The number of rotatable bonds is 3. The Morgan fingerprint density at radius 1 is 1.22 bits per heavy atom. The molecule has 1 aliphatic rings. The van der Waals surface area contributed by atoms with Crippen molar-refractivity contribution in [3.8, 4) is 0 Å². The molecule has 0 radical (unpaired) electrons. The Morgan fingerprint density at radius 3 is 2.67 bits per heavy atom. The number of carbonyl (C=O) groups is 1. The SMILES string of the molecule is Cc1c(C2=CS(=O)(=O)c3cc(Cl)ccc32)c2cc(F)ccc2n1CC(=O)O. The Morgan fingerprint density at radius 2 is 1.96 bits per heavy atom. The summed E-state index contributed by atoms with van der Waals surface area (Å²) in [6.45, 7) is 1.37. The molecular formula is C19H13ClFNO4S. The van der Waals surface area contributed by atoms with Crippen LogP contribution in [0.1, 0.15) is 16.8 Å². The van der Waals surface area contributed by atoms with Crippen molar-refractivity contribution in [3.05, 3.63) is 69.5 Å². The van der Waals surface area contributed by atoms with Crippen molar-refractivity contribution in [2.75, 3.05) is 0 Å². The van der Waals surface area contributed by atoms with E-state index in [1.54, 1.807) is 19.1 Å². The summed E-state index contributed by atoms with van der Waals surface area (Å²) in [4.78, 5) is 11.4. The molecule has 2 heterocycles. The number of hydrogen-bond acceptors (Lipinski definition) is 3. The molecular weight excluding hydrogens is 393 g/mol. The maximum absolute atomic E-state index is 13.9. The maximum atomic E-state index is 13.9. The molecule has 0 spiro atoms. The van der Waals surface area contributed by atoms with Crippen LogP contribution in [0.3, 0.4) is 0 Å².